The van der Waals surface area contributed by atoms with Crippen LogP contribution in [0, 0.1) is 5.41 Å². The van der Waals surface area contributed by atoms with Gasteiger partial charge in [0.05, 0.1) is 0 Å². The Bertz CT molecular complexity index is 241. The molecule has 1 aliphatic heterocycles. The van der Waals surface area contributed by atoms with Gasteiger partial charge in [-0.05, 0) is 24.6 Å². The smallest absolute Gasteiger partial charge is 0.157 e. The van der Waals surface area contributed by atoms with Crippen molar-refractivity contribution in [1.29, 1.82) is 5.41 Å². The highest BCUT2D eigenvalue weighted by Crippen LogP contribution is 2.33. The Morgan fingerprint density at radius 3 is 2.57 bits per heavy atom. The van der Waals surface area contributed by atoms with Crippen LogP contribution in [0.5, 0.6) is 0 Å². The number of nitrogens with one attached hydrogen (secondary N) is 1. The summed E-state index contributed by atoms with van der Waals surface area (Å²) in [7, 11) is 0. The van der Waals surface area contributed by atoms with Gasteiger partial charge in [-0.25, -0.2) is 0 Å². The molecule has 1 heterocycles. The second kappa shape index (κ2) is 5.60. The van der Waals surface area contributed by atoms with Crippen LogP contribution in [0.1, 0.15) is 33.1 Å². The molecule has 0 aromatic carbocycles. The lowest BCUT2D eigenvalue weighted by atomic mass is 9.95. The monoisotopic (exact) mass is 281 g/mol. The Morgan fingerprint density at radius 2 is 2.21 bits per heavy atom. The van der Waals surface area contributed by atoms with Crippen LogP contribution < -0.4 is 5.73 Å². The highest BCUT2D eigenvalue weighted by molar-refractivity contribution is 8.93. The lowest BCUT2D eigenvalue weighted by Crippen LogP contribution is -2.26. The van der Waals surface area contributed by atoms with Crippen molar-refractivity contribution < 1.29 is 4.84 Å². The molecule has 6 heteroatoms. The van der Waals surface area contributed by atoms with E-state index in [1.807, 2.05) is 0 Å². The van der Waals surface area contributed by atoms with Gasteiger partial charge in [0.15, 0.2) is 5.17 Å². The first-order valence-corrected chi connectivity index (χ1v) is 5.20. The number of nitrogens with zero attached hydrogens (tertiary/aromatic N) is 1. The zero-order chi connectivity index (χ0) is 9.90. The molecular weight excluding hydrogens is 266 g/mol. The Morgan fingerprint density at radius 1 is 1.64 bits per heavy atom. The Balaban J connectivity index is 0.00000169. The number of thioether (sulfide) groups is 1. The van der Waals surface area contributed by atoms with E-state index in [4.69, 9.17) is 16.0 Å². The Hall–Kier alpha value is -0.230. The lowest BCUT2D eigenvalue weighted by molar-refractivity contribution is -0.0243. The minimum atomic E-state index is -0.141. The molecule has 0 aromatic rings. The number of hydrogen-bond donors (Lipinski definition) is 2. The second-order valence-electron chi connectivity index (χ2n) is 3.11. The van der Waals surface area contributed by atoms with Crippen LogP contribution in [0.4, 0.5) is 0 Å². The SMILES string of the molecule is Br.CCC1(CC)CC(SC(=N)N)=NO1. The van der Waals surface area contributed by atoms with Gasteiger partial charge in [0.25, 0.3) is 0 Å². The fraction of sp³-hybridized carbons (Fsp3) is 0.750. The molecule has 0 radical (unpaired) electrons. The molecule has 82 valence electrons. The topological polar surface area (TPSA) is 71.5 Å². The molecule has 0 amide bonds. The van der Waals surface area contributed by atoms with Gasteiger partial charge in [0, 0.05) is 6.42 Å². The molecule has 0 saturated heterocycles. The fourth-order valence-electron chi connectivity index (χ4n) is 1.30. The summed E-state index contributed by atoms with van der Waals surface area (Å²) in [6.45, 7) is 4.17. The lowest BCUT2D eigenvalue weighted by Gasteiger charge is -2.22. The minimum absolute atomic E-state index is 0. The molecule has 14 heavy (non-hydrogen) atoms. The first-order chi connectivity index (χ1) is 6.12. The molecule has 0 spiro atoms. The van der Waals surface area contributed by atoms with E-state index >= 15 is 0 Å². The van der Waals surface area contributed by atoms with Crippen molar-refractivity contribution in [2.45, 2.75) is 38.7 Å². The zero-order valence-corrected chi connectivity index (χ0v) is 10.9. The van der Waals surface area contributed by atoms with E-state index in [1.54, 1.807) is 0 Å². The van der Waals surface area contributed by atoms with Crippen LogP contribution in [0.15, 0.2) is 5.16 Å². The third-order valence-electron chi connectivity index (χ3n) is 2.33. The second-order valence-corrected chi connectivity index (χ2v) is 4.22. The van der Waals surface area contributed by atoms with Crippen LogP contribution in [0.3, 0.4) is 0 Å². The maximum Gasteiger partial charge on any atom is 0.157 e. The van der Waals surface area contributed by atoms with Crippen molar-refractivity contribution in [2.24, 2.45) is 10.9 Å². The van der Waals surface area contributed by atoms with Gasteiger partial charge in [-0.1, -0.05) is 19.0 Å². The summed E-state index contributed by atoms with van der Waals surface area (Å²) in [5.74, 6) is 0. The quantitative estimate of drug-likeness (QED) is 0.603. The molecule has 0 saturated carbocycles. The van der Waals surface area contributed by atoms with E-state index in [-0.39, 0.29) is 27.8 Å². The Labute approximate surface area is 98.9 Å². The predicted molar refractivity (Wildman–Crippen MR) is 66.3 cm³/mol. The maximum atomic E-state index is 7.11. The van der Waals surface area contributed by atoms with Gasteiger partial charge in [-0.2, -0.15) is 0 Å². The van der Waals surface area contributed by atoms with Crippen molar-refractivity contribution >= 4 is 39.0 Å². The highest BCUT2D eigenvalue weighted by atomic mass is 79.9. The molecule has 1 aliphatic rings. The van der Waals surface area contributed by atoms with Gasteiger partial charge in [0.1, 0.15) is 10.6 Å². The third-order valence-corrected chi connectivity index (χ3v) is 3.01. The molecular formula is C8H16BrN3OS. The number of halogens is 1. The number of hydrogen-bond acceptors (Lipinski definition) is 4. The molecule has 0 aliphatic carbocycles. The molecule has 4 nitrogen and oxygen atoms in total. The summed E-state index contributed by atoms with van der Waals surface area (Å²) >= 11 is 1.18. The largest absolute Gasteiger partial charge is 0.388 e. The zero-order valence-electron chi connectivity index (χ0n) is 8.37. The summed E-state index contributed by atoms with van der Waals surface area (Å²) < 4.78 is 0. The van der Waals surface area contributed by atoms with Crippen LogP contribution in [-0.2, 0) is 4.84 Å². The van der Waals surface area contributed by atoms with Crippen molar-refractivity contribution in [3.05, 3.63) is 0 Å². The van der Waals surface area contributed by atoms with E-state index in [0.29, 0.717) is 0 Å². The maximum absolute atomic E-state index is 7.11. The van der Waals surface area contributed by atoms with Gasteiger partial charge in [-0.3, -0.25) is 5.41 Å². The first-order valence-electron chi connectivity index (χ1n) is 4.39. The van der Waals surface area contributed by atoms with Crippen LogP contribution in [0.25, 0.3) is 0 Å². The van der Waals surface area contributed by atoms with E-state index < -0.39 is 0 Å². The van der Waals surface area contributed by atoms with Crippen molar-refractivity contribution in [3.63, 3.8) is 0 Å². The number of amidine groups is 1. The van der Waals surface area contributed by atoms with Gasteiger partial charge in [-0.15, -0.1) is 17.0 Å². The number of rotatable bonds is 2. The molecule has 0 unspecified atom stereocenters. The summed E-state index contributed by atoms with van der Waals surface area (Å²) in [6, 6.07) is 0. The molecule has 0 atom stereocenters. The fourth-order valence-corrected chi connectivity index (χ4v) is 1.96. The summed E-state index contributed by atoms with van der Waals surface area (Å²) in [6.07, 6.45) is 2.66. The van der Waals surface area contributed by atoms with Crippen LogP contribution in [-0.4, -0.2) is 15.8 Å². The summed E-state index contributed by atoms with van der Waals surface area (Å²) in [5, 5.41) is 11.9. The minimum Gasteiger partial charge on any atom is -0.388 e. The van der Waals surface area contributed by atoms with Gasteiger partial charge in [0.2, 0.25) is 0 Å². The van der Waals surface area contributed by atoms with Crippen LogP contribution in [0.2, 0.25) is 0 Å². The average Bonchev–Trinajstić information content (AvgIpc) is 2.48. The number of oxime groups is 1. The van der Waals surface area contributed by atoms with E-state index in [1.165, 1.54) is 11.8 Å². The highest BCUT2D eigenvalue weighted by Gasteiger charge is 2.36. The molecule has 3 N–H and O–H groups in total. The molecule has 1 rings (SSSR count). The Kier molecular flexibility index (Phi) is 5.51. The summed E-state index contributed by atoms with van der Waals surface area (Å²) in [4.78, 5) is 5.37. The molecule has 0 aromatic heterocycles. The van der Waals surface area contributed by atoms with E-state index in [0.717, 1.165) is 24.3 Å². The number of nitrogens with two attached hydrogens (primary N) is 1. The molecule has 0 bridgehead atoms. The van der Waals surface area contributed by atoms with Crippen molar-refractivity contribution in [1.82, 2.24) is 0 Å². The van der Waals surface area contributed by atoms with Crippen LogP contribution >= 0.6 is 28.7 Å². The van der Waals surface area contributed by atoms with Crippen molar-refractivity contribution in [2.75, 3.05) is 0 Å². The predicted octanol–water partition coefficient (Wildman–Crippen LogP) is 2.48. The normalized spacial score (nSPS) is 18.0. The van der Waals surface area contributed by atoms with Gasteiger partial charge < -0.3 is 10.6 Å². The van der Waals surface area contributed by atoms with E-state index in [9.17, 15) is 0 Å². The van der Waals surface area contributed by atoms with Gasteiger partial charge >= 0.3 is 0 Å². The average molecular weight is 282 g/mol. The third kappa shape index (κ3) is 3.16. The standard InChI is InChI=1S/C8H15N3OS.BrH/c1-3-8(4-2)5-6(11-12-8)13-7(9)10;/h3-5H2,1-2H3,(H3,9,10);1H. The van der Waals surface area contributed by atoms with Crippen molar-refractivity contribution in [3.8, 4) is 0 Å². The molecule has 0 fully saturated rings. The van der Waals surface area contributed by atoms with E-state index in [2.05, 4.69) is 19.0 Å². The first kappa shape index (κ1) is 13.8. The summed E-state index contributed by atoms with van der Waals surface area (Å²) in [5.41, 5.74) is 5.11.